The van der Waals surface area contributed by atoms with Gasteiger partial charge >= 0.3 is 0 Å². The molecule has 0 unspecified atom stereocenters. The number of nitrogens with one attached hydrogen (secondary N) is 2. The maximum atomic E-state index is 13.1. The molecule has 0 saturated carbocycles. The van der Waals surface area contributed by atoms with E-state index in [1.54, 1.807) is 6.07 Å². The SMILES string of the molecule is CCNc1cc(NCc2cccc(F)c2)nc(C)n1. The number of nitrogens with zero attached hydrogens (tertiary/aromatic N) is 2. The van der Waals surface area contributed by atoms with Crippen molar-refractivity contribution in [3.05, 3.63) is 47.5 Å². The first-order chi connectivity index (χ1) is 9.17. The van der Waals surface area contributed by atoms with Crippen molar-refractivity contribution in [2.24, 2.45) is 0 Å². The van der Waals surface area contributed by atoms with E-state index in [1.807, 2.05) is 26.0 Å². The molecule has 2 N–H and O–H groups in total. The standard InChI is InChI=1S/C14H17FN4/c1-3-16-13-8-14(19-10(2)18-13)17-9-11-5-4-6-12(15)7-11/h4-8H,3,9H2,1-2H3,(H2,16,17,18,19). The zero-order valence-electron chi connectivity index (χ0n) is 11.1. The van der Waals surface area contributed by atoms with Gasteiger partial charge < -0.3 is 10.6 Å². The lowest BCUT2D eigenvalue weighted by Gasteiger charge is -2.09. The maximum absolute atomic E-state index is 13.1. The average molecular weight is 260 g/mol. The lowest BCUT2D eigenvalue weighted by molar-refractivity contribution is 0.626. The molecule has 4 nitrogen and oxygen atoms in total. The highest BCUT2D eigenvalue weighted by Gasteiger charge is 2.01. The molecule has 0 saturated heterocycles. The van der Waals surface area contributed by atoms with Crippen LogP contribution in [-0.2, 0) is 6.54 Å². The number of aryl methyl sites for hydroxylation is 1. The monoisotopic (exact) mass is 260 g/mol. The molecule has 5 heteroatoms. The smallest absolute Gasteiger partial charge is 0.132 e. The van der Waals surface area contributed by atoms with Gasteiger partial charge in [0.25, 0.3) is 0 Å². The fourth-order valence-corrected chi connectivity index (χ4v) is 1.77. The maximum Gasteiger partial charge on any atom is 0.132 e. The van der Waals surface area contributed by atoms with Gasteiger partial charge in [-0.05, 0) is 31.5 Å². The summed E-state index contributed by atoms with van der Waals surface area (Å²) in [7, 11) is 0. The Balaban J connectivity index is 2.06. The van der Waals surface area contributed by atoms with Gasteiger partial charge in [-0.25, -0.2) is 14.4 Å². The number of halogens is 1. The third-order valence-electron chi connectivity index (χ3n) is 2.56. The van der Waals surface area contributed by atoms with Crippen molar-refractivity contribution in [1.29, 1.82) is 0 Å². The van der Waals surface area contributed by atoms with E-state index in [0.717, 1.165) is 23.7 Å². The summed E-state index contributed by atoms with van der Waals surface area (Å²) in [6, 6.07) is 8.35. The molecule has 19 heavy (non-hydrogen) atoms. The molecule has 0 aliphatic carbocycles. The van der Waals surface area contributed by atoms with Gasteiger partial charge in [0, 0.05) is 19.2 Å². The molecule has 0 aliphatic heterocycles. The van der Waals surface area contributed by atoms with E-state index >= 15 is 0 Å². The predicted octanol–water partition coefficient (Wildman–Crippen LogP) is 2.97. The predicted molar refractivity (Wildman–Crippen MR) is 74.7 cm³/mol. The fourth-order valence-electron chi connectivity index (χ4n) is 1.77. The summed E-state index contributed by atoms with van der Waals surface area (Å²) in [6.07, 6.45) is 0. The third-order valence-corrected chi connectivity index (χ3v) is 2.56. The molecule has 100 valence electrons. The Labute approximate surface area is 112 Å². The second-order valence-corrected chi connectivity index (χ2v) is 4.20. The first kappa shape index (κ1) is 13.3. The van der Waals surface area contributed by atoms with Crippen molar-refractivity contribution in [2.45, 2.75) is 20.4 Å². The van der Waals surface area contributed by atoms with Gasteiger partial charge in [0.1, 0.15) is 23.3 Å². The van der Waals surface area contributed by atoms with E-state index in [0.29, 0.717) is 12.4 Å². The second kappa shape index (κ2) is 6.13. The van der Waals surface area contributed by atoms with Crippen molar-refractivity contribution < 1.29 is 4.39 Å². The Morgan fingerprint density at radius 3 is 2.53 bits per heavy atom. The van der Waals surface area contributed by atoms with E-state index in [-0.39, 0.29) is 5.82 Å². The third kappa shape index (κ3) is 3.91. The molecular formula is C14H17FN4. The van der Waals surface area contributed by atoms with Gasteiger partial charge in [0.2, 0.25) is 0 Å². The molecule has 1 aromatic heterocycles. The minimum absolute atomic E-state index is 0.230. The highest BCUT2D eigenvalue weighted by Crippen LogP contribution is 2.12. The number of rotatable bonds is 5. The summed E-state index contributed by atoms with van der Waals surface area (Å²) in [5.41, 5.74) is 0.876. The second-order valence-electron chi connectivity index (χ2n) is 4.20. The largest absolute Gasteiger partial charge is 0.370 e. The Morgan fingerprint density at radius 2 is 1.84 bits per heavy atom. The molecule has 2 aromatic rings. The van der Waals surface area contributed by atoms with Crippen molar-refractivity contribution in [2.75, 3.05) is 17.2 Å². The Kier molecular flexibility index (Phi) is 4.28. The minimum atomic E-state index is -0.230. The van der Waals surface area contributed by atoms with Crippen LogP contribution < -0.4 is 10.6 Å². The van der Waals surface area contributed by atoms with Gasteiger partial charge in [0.05, 0.1) is 0 Å². The fraction of sp³-hybridized carbons (Fsp3) is 0.286. The van der Waals surface area contributed by atoms with Crippen molar-refractivity contribution in [3.8, 4) is 0 Å². The lowest BCUT2D eigenvalue weighted by atomic mass is 10.2. The molecule has 0 aliphatic rings. The summed E-state index contributed by atoms with van der Waals surface area (Å²) < 4.78 is 13.1. The van der Waals surface area contributed by atoms with E-state index in [2.05, 4.69) is 20.6 Å². The Morgan fingerprint density at radius 1 is 1.11 bits per heavy atom. The number of aromatic nitrogens is 2. The number of anilines is 2. The summed E-state index contributed by atoms with van der Waals surface area (Å²) >= 11 is 0. The van der Waals surface area contributed by atoms with Crippen LogP contribution in [0.1, 0.15) is 18.3 Å². The highest BCUT2D eigenvalue weighted by molar-refractivity contribution is 5.47. The zero-order chi connectivity index (χ0) is 13.7. The van der Waals surface area contributed by atoms with Crippen LogP contribution in [0.4, 0.5) is 16.0 Å². The lowest BCUT2D eigenvalue weighted by Crippen LogP contribution is -2.06. The van der Waals surface area contributed by atoms with Crippen molar-refractivity contribution in [1.82, 2.24) is 9.97 Å². The van der Waals surface area contributed by atoms with E-state index < -0.39 is 0 Å². The van der Waals surface area contributed by atoms with Crippen LogP contribution >= 0.6 is 0 Å². The number of hydrogen-bond acceptors (Lipinski definition) is 4. The summed E-state index contributed by atoms with van der Waals surface area (Å²) in [4.78, 5) is 8.57. The van der Waals surface area contributed by atoms with E-state index in [4.69, 9.17) is 0 Å². The molecule has 0 atom stereocenters. The molecule has 2 rings (SSSR count). The quantitative estimate of drug-likeness (QED) is 0.867. The average Bonchev–Trinajstić information content (AvgIpc) is 2.36. The topological polar surface area (TPSA) is 49.8 Å². The van der Waals surface area contributed by atoms with Crippen LogP contribution in [0, 0.1) is 12.7 Å². The van der Waals surface area contributed by atoms with Crippen LogP contribution in [0.2, 0.25) is 0 Å². The van der Waals surface area contributed by atoms with Crippen LogP contribution in [0.25, 0.3) is 0 Å². The molecule has 0 amide bonds. The number of hydrogen-bond donors (Lipinski definition) is 2. The molecule has 0 bridgehead atoms. The molecule has 0 spiro atoms. The normalized spacial score (nSPS) is 10.3. The molecule has 0 fully saturated rings. The van der Waals surface area contributed by atoms with Gasteiger partial charge in [-0.15, -0.1) is 0 Å². The van der Waals surface area contributed by atoms with Gasteiger partial charge in [0.15, 0.2) is 0 Å². The van der Waals surface area contributed by atoms with Crippen LogP contribution in [0.3, 0.4) is 0 Å². The van der Waals surface area contributed by atoms with E-state index in [9.17, 15) is 4.39 Å². The van der Waals surface area contributed by atoms with Crippen LogP contribution in [-0.4, -0.2) is 16.5 Å². The zero-order valence-corrected chi connectivity index (χ0v) is 11.1. The molecule has 1 aromatic carbocycles. The van der Waals surface area contributed by atoms with Gasteiger partial charge in [-0.2, -0.15) is 0 Å². The van der Waals surface area contributed by atoms with Crippen LogP contribution in [0.5, 0.6) is 0 Å². The molecule has 1 heterocycles. The highest BCUT2D eigenvalue weighted by atomic mass is 19.1. The minimum Gasteiger partial charge on any atom is -0.370 e. The molecular weight excluding hydrogens is 243 g/mol. The first-order valence-corrected chi connectivity index (χ1v) is 6.25. The summed E-state index contributed by atoms with van der Waals surface area (Å²) in [5.74, 6) is 1.98. The Bertz CT molecular complexity index is 557. The van der Waals surface area contributed by atoms with Gasteiger partial charge in [-0.3, -0.25) is 0 Å². The van der Waals surface area contributed by atoms with Crippen molar-refractivity contribution in [3.63, 3.8) is 0 Å². The first-order valence-electron chi connectivity index (χ1n) is 6.25. The van der Waals surface area contributed by atoms with E-state index in [1.165, 1.54) is 12.1 Å². The van der Waals surface area contributed by atoms with Crippen molar-refractivity contribution >= 4 is 11.6 Å². The summed E-state index contributed by atoms with van der Waals surface area (Å²) in [5, 5.41) is 6.31. The molecule has 0 radical (unpaired) electrons. The summed E-state index contributed by atoms with van der Waals surface area (Å²) in [6.45, 7) is 5.19. The van der Waals surface area contributed by atoms with Crippen LogP contribution in [0.15, 0.2) is 30.3 Å². The Hall–Kier alpha value is -2.17. The van der Waals surface area contributed by atoms with Gasteiger partial charge in [-0.1, -0.05) is 12.1 Å². The number of benzene rings is 1.